The summed E-state index contributed by atoms with van der Waals surface area (Å²) in [5.74, 6) is -0.0329. The van der Waals surface area contributed by atoms with E-state index in [1.54, 1.807) is 36.2 Å². The zero-order chi connectivity index (χ0) is 14.4. The van der Waals surface area contributed by atoms with Crippen LogP contribution in [0.1, 0.15) is 41.6 Å². The van der Waals surface area contributed by atoms with Crippen LogP contribution in [0.3, 0.4) is 0 Å². The average molecular weight is 272 g/mol. The van der Waals surface area contributed by atoms with E-state index in [9.17, 15) is 4.79 Å². The lowest BCUT2D eigenvalue weighted by molar-refractivity contribution is 0.0763. The molecular weight excluding hydrogens is 252 g/mol. The van der Waals surface area contributed by atoms with E-state index >= 15 is 0 Å². The van der Waals surface area contributed by atoms with Gasteiger partial charge in [-0.05, 0) is 43.9 Å². The van der Waals surface area contributed by atoms with Gasteiger partial charge in [-0.15, -0.1) is 0 Å². The van der Waals surface area contributed by atoms with Gasteiger partial charge in [-0.2, -0.15) is 5.26 Å². The minimum absolute atomic E-state index is 0.0329. The number of nitrogens with zero attached hydrogens (tertiary/aromatic N) is 2. The summed E-state index contributed by atoms with van der Waals surface area (Å²) in [4.78, 5) is 13.9. The lowest BCUT2D eigenvalue weighted by Gasteiger charge is -2.18. The van der Waals surface area contributed by atoms with Gasteiger partial charge in [-0.25, -0.2) is 0 Å². The summed E-state index contributed by atoms with van der Waals surface area (Å²) >= 11 is 0. The molecule has 0 saturated carbocycles. The Hall–Kier alpha value is -1.86. The summed E-state index contributed by atoms with van der Waals surface area (Å²) in [6, 6.07) is 8.89. The van der Waals surface area contributed by atoms with Crippen molar-refractivity contribution in [3.05, 3.63) is 35.4 Å². The van der Waals surface area contributed by atoms with Gasteiger partial charge in [0.1, 0.15) is 0 Å². The molecular formula is C16H20N2O2. The van der Waals surface area contributed by atoms with E-state index in [4.69, 9.17) is 10.00 Å². The molecule has 1 atom stereocenters. The summed E-state index contributed by atoms with van der Waals surface area (Å²) in [6.45, 7) is 1.59. The topological polar surface area (TPSA) is 53.3 Å². The Bertz CT molecular complexity index is 501. The fraction of sp³-hybridized carbons (Fsp3) is 0.500. The van der Waals surface area contributed by atoms with E-state index in [-0.39, 0.29) is 5.91 Å². The highest BCUT2D eigenvalue weighted by molar-refractivity contribution is 5.94. The molecule has 1 aliphatic heterocycles. The normalized spacial score (nSPS) is 17.7. The molecule has 1 unspecified atom stereocenters. The second kappa shape index (κ2) is 7.06. The van der Waals surface area contributed by atoms with Crippen LogP contribution in [-0.2, 0) is 4.74 Å². The molecule has 20 heavy (non-hydrogen) atoms. The molecule has 1 aliphatic rings. The van der Waals surface area contributed by atoms with Crippen LogP contribution in [0.2, 0.25) is 0 Å². The molecule has 0 spiro atoms. The minimum Gasteiger partial charge on any atom is -0.378 e. The fourth-order valence-corrected chi connectivity index (χ4v) is 2.47. The number of hydrogen-bond acceptors (Lipinski definition) is 3. The molecule has 0 aliphatic carbocycles. The molecule has 1 amide bonds. The molecule has 1 saturated heterocycles. The van der Waals surface area contributed by atoms with E-state index < -0.39 is 0 Å². The maximum absolute atomic E-state index is 12.2. The number of carbonyl (C=O) groups is 1. The highest BCUT2D eigenvalue weighted by Crippen LogP contribution is 2.17. The third-order valence-electron chi connectivity index (χ3n) is 3.63. The van der Waals surface area contributed by atoms with Crippen molar-refractivity contribution in [2.45, 2.75) is 31.8 Å². The predicted octanol–water partition coefficient (Wildman–Crippen LogP) is 2.59. The van der Waals surface area contributed by atoms with E-state index in [1.807, 2.05) is 0 Å². The largest absolute Gasteiger partial charge is 0.378 e. The van der Waals surface area contributed by atoms with Gasteiger partial charge >= 0.3 is 0 Å². The lowest BCUT2D eigenvalue weighted by Crippen LogP contribution is -2.28. The van der Waals surface area contributed by atoms with Gasteiger partial charge in [0.2, 0.25) is 0 Å². The van der Waals surface area contributed by atoms with E-state index in [0.29, 0.717) is 17.2 Å². The lowest BCUT2D eigenvalue weighted by atomic mass is 10.1. The third kappa shape index (κ3) is 3.82. The number of rotatable bonds is 5. The molecule has 0 radical (unpaired) electrons. The highest BCUT2D eigenvalue weighted by atomic mass is 16.5. The number of benzene rings is 1. The van der Waals surface area contributed by atoms with Gasteiger partial charge in [0.05, 0.1) is 17.7 Å². The van der Waals surface area contributed by atoms with Crippen LogP contribution in [0.4, 0.5) is 0 Å². The van der Waals surface area contributed by atoms with Crippen LogP contribution in [0.25, 0.3) is 0 Å². The van der Waals surface area contributed by atoms with Gasteiger partial charge in [0.15, 0.2) is 0 Å². The smallest absolute Gasteiger partial charge is 0.253 e. The molecule has 1 aromatic carbocycles. The third-order valence-corrected chi connectivity index (χ3v) is 3.63. The van der Waals surface area contributed by atoms with Crippen LogP contribution in [0, 0.1) is 11.3 Å². The Morgan fingerprint density at radius 3 is 3.10 bits per heavy atom. The number of hydrogen-bond donors (Lipinski definition) is 0. The summed E-state index contributed by atoms with van der Waals surface area (Å²) in [7, 11) is 1.80. The van der Waals surface area contributed by atoms with Gasteiger partial charge in [-0.1, -0.05) is 6.07 Å². The average Bonchev–Trinajstić information content (AvgIpc) is 2.99. The molecule has 4 heteroatoms. The van der Waals surface area contributed by atoms with Crippen molar-refractivity contribution in [2.75, 3.05) is 20.2 Å². The first kappa shape index (κ1) is 14.5. The Kier molecular flexibility index (Phi) is 5.14. The Labute approximate surface area is 120 Å². The van der Waals surface area contributed by atoms with E-state index in [1.165, 1.54) is 0 Å². The van der Waals surface area contributed by atoms with Crippen LogP contribution in [0.15, 0.2) is 24.3 Å². The van der Waals surface area contributed by atoms with Crippen molar-refractivity contribution >= 4 is 5.91 Å². The van der Waals surface area contributed by atoms with Crippen molar-refractivity contribution in [1.29, 1.82) is 5.26 Å². The summed E-state index contributed by atoms with van der Waals surface area (Å²) < 4.78 is 5.57. The van der Waals surface area contributed by atoms with Crippen molar-refractivity contribution in [2.24, 2.45) is 0 Å². The standard InChI is InChI=1S/C16H20N2O2/c1-18(9-3-7-15-8-4-10-20-15)16(19)14-6-2-5-13(11-14)12-17/h2,5-6,11,15H,3-4,7-10H2,1H3. The molecule has 1 heterocycles. The van der Waals surface area contributed by atoms with Crippen LogP contribution < -0.4 is 0 Å². The second-order valence-electron chi connectivity index (χ2n) is 5.20. The summed E-state index contributed by atoms with van der Waals surface area (Å²) in [5.41, 5.74) is 1.09. The van der Waals surface area contributed by atoms with Crippen molar-refractivity contribution in [3.8, 4) is 6.07 Å². The molecule has 4 nitrogen and oxygen atoms in total. The molecule has 2 rings (SSSR count). The zero-order valence-corrected chi connectivity index (χ0v) is 11.8. The van der Waals surface area contributed by atoms with Crippen molar-refractivity contribution in [1.82, 2.24) is 4.90 Å². The molecule has 0 N–H and O–H groups in total. The number of ether oxygens (including phenoxy) is 1. The molecule has 106 valence electrons. The number of amides is 1. The minimum atomic E-state index is -0.0329. The Morgan fingerprint density at radius 1 is 1.55 bits per heavy atom. The van der Waals surface area contributed by atoms with Crippen LogP contribution in [-0.4, -0.2) is 37.1 Å². The maximum atomic E-state index is 12.2. The second-order valence-corrected chi connectivity index (χ2v) is 5.20. The van der Waals surface area contributed by atoms with E-state index in [0.717, 1.165) is 38.8 Å². The fourth-order valence-electron chi connectivity index (χ4n) is 2.47. The Morgan fingerprint density at radius 2 is 2.40 bits per heavy atom. The van der Waals surface area contributed by atoms with Crippen molar-refractivity contribution in [3.63, 3.8) is 0 Å². The molecule has 0 bridgehead atoms. The molecule has 1 aromatic rings. The molecule has 1 fully saturated rings. The zero-order valence-electron chi connectivity index (χ0n) is 11.8. The number of nitriles is 1. The highest BCUT2D eigenvalue weighted by Gasteiger charge is 2.16. The van der Waals surface area contributed by atoms with Gasteiger partial charge in [-0.3, -0.25) is 4.79 Å². The van der Waals surface area contributed by atoms with Gasteiger partial charge in [0.25, 0.3) is 5.91 Å². The predicted molar refractivity (Wildman–Crippen MR) is 76.3 cm³/mol. The first-order chi connectivity index (χ1) is 9.70. The van der Waals surface area contributed by atoms with Crippen LogP contribution in [0.5, 0.6) is 0 Å². The quantitative estimate of drug-likeness (QED) is 0.828. The Balaban J connectivity index is 1.83. The summed E-state index contributed by atoms with van der Waals surface area (Å²) in [6.07, 6.45) is 4.63. The first-order valence-corrected chi connectivity index (χ1v) is 7.08. The van der Waals surface area contributed by atoms with Gasteiger partial charge < -0.3 is 9.64 Å². The van der Waals surface area contributed by atoms with E-state index in [2.05, 4.69) is 6.07 Å². The summed E-state index contributed by atoms with van der Waals surface area (Å²) in [5, 5.41) is 8.86. The van der Waals surface area contributed by atoms with Gasteiger partial charge in [0, 0.05) is 25.8 Å². The molecule has 0 aromatic heterocycles. The first-order valence-electron chi connectivity index (χ1n) is 7.08. The maximum Gasteiger partial charge on any atom is 0.253 e. The van der Waals surface area contributed by atoms with Crippen molar-refractivity contribution < 1.29 is 9.53 Å². The monoisotopic (exact) mass is 272 g/mol. The SMILES string of the molecule is CN(CCCC1CCCO1)C(=O)c1cccc(C#N)c1. The van der Waals surface area contributed by atoms with Crippen LogP contribution >= 0.6 is 0 Å². The number of carbonyl (C=O) groups excluding carboxylic acids is 1.